The van der Waals surface area contributed by atoms with Crippen LogP contribution in [-0.4, -0.2) is 6.61 Å². The lowest BCUT2D eigenvalue weighted by molar-refractivity contribution is 0.303. The minimum absolute atomic E-state index is 0.823. The second-order valence-corrected chi connectivity index (χ2v) is 9.31. The van der Waals surface area contributed by atoms with Crippen LogP contribution < -0.4 is 4.74 Å². The van der Waals surface area contributed by atoms with E-state index in [-0.39, 0.29) is 0 Å². The van der Waals surface area contributed by atoms with E-state index in [1.165, 1.54) is 122 Å². The van der Waals surface area contributed by atoms with E-state index in [1.807, 2.05) is 24.3 Å². The summed E-state index contributed by atoms with van der Waals surface area (Å²) in [6.07, 6.45) is 30.3. The van der Waals surface area contributed by atoms with Crippen molar-refractivity contribution in [1.82, 2.24) is 0 Å². The molecule has 0 aliphatic heterocycles. The van der Waals surface area contributed by atoms with Gasteiger partial charge in [-0.3, -0.25) is 0 Å². The van der Waals surface area contributed by atoms with Crippen LogP contribution in [0.2, 0.25) is 0 Å². The minimum atomic E-state index is 0.823. The number of ether oxygens (including phenoxy) is 1. The van der Waals surface area contributed by atoms with Gasteiger partial charge < -0.3 is 4.74 Å². The van der Waals surface area contributed by atoms with Crippen molar-refractivity contribution in [2.75, 3.05) is 6.61 Å². The smallest absolute Gasteiger partial charge is 0.126 e. The molecule has 178 valence electrons. The van der Waals surface area contributed by atoms with Crippen molar-refractivity contribution in [2.45, 2.75) is 135 Å². The molecule has 0 saturated heterocycles. The highest BCUT2D eigenvalue weighted by Gasteiger charge is 1.99. The Hall–Kier alpha value is -1.24. The summed E-state index contributed by atoms with van der Waals surface area (Å²) >= 11 is 0. The molecule has 0 heterocycles. The van der Waals surface area contributed by atoms with Crippen LogP contribution in [0.1, 0.15) is 141 Å². The van der Waals surface area contributed by atoms with Gasteiger partial charge >= 0.3 is 0 Å². The summed E-state index contributed by atoms with van der Waals surface area (Å²) in [7, 11) is 0. The van der Waals surface area contributed by atoms with Gasteiger partial charge in [-0.1, -0.05) is 160 Å². The van der Waals surface area contributed by atoms with Crippen LogP contribution in [0, 0.1) is 0 Å². The summed E-state index contributed by atoms with van der Waals surface area (Å²) in [5, 5.41) is 0. The van der Waals surface area contributed by atoms with Gasteiger partial charge in [0.1, 0.15) is 5.75 Å². The van der Waals surface area contributed by atoms with E-state index < -0.39 is 0 Å². The normalized spacial score (nSPS) is 11.0. The molecule has 0 fully saturated rings. The van der Waals surface area contributed by atoms with E-state index in [2.05, 4.69) is 19.6 Å². The first-order valence-corrected chi connectivity index (χ1v) is 13.7. The van der Waals surface area contributed by atoms with Crippen LogP contribution in [0.25, 0.3) is 6.08 Å². The highest BCUT2D eigenvalue weighted by molar-refractivity contribution is 5.55. The molecule has 0 bridgehead atoms. The number of rotatable bonds is 23. The minimum Gasteiger partial charge on any atom is -0.493 e. The quantitative estimate of drug-likeness (QED) is 0.157. The summed E-state index contributed by atoms with van der Waals surface area (Å²) in [6, 6.07) is 8.15. The third-order valence-electron chi connectivity index (χ3n) is 6.39. The highest BCUT2D eigenvalue weighted by Crippen LogP contribution is 2.19. The number of benzene rings is 1. The molecule has 0 N–H and O–H groups in total. The average molecular weight is 429 g/mol. The maximum Gasteiger partial charge on any atom is 0.126 e. The van der Waals surface area contributed by atoms with E-state index in [0.717, 1.165) is 24.3 Å². The van der Waals surface area contributed by atoms with Gasteiger partial charge in [0.25, 0.3) is 0 Å². The summed E-state index contributed by atoms with van der Waals surface area (Å²) < 4.78 is 5.89. The van der Waals surface area contributed by atoms with Gasteiger partial charge in [0.05, 0.1) is 6.61 Å². The maximum atomic E-state index is 5.89. The van der Waals surface area contributed by atoms with E-state index in [9.17, 15) is 0 Å². The summed E-state index contributed by atoms with van der Waals surface area (Å²) in [4.78, 5) is 0. The molecule has 0 atom stereocenters. The Morgan fingerprint density at radius 2 is 0.968 bits per heavy atom. The van der Waals surface area contributed by atoms with Crippen LogP contribution in [0.4, 0.5) is 0 Å². The SMILES string of the molecule is C=Cc1ccccc1OCCCCCCCCCCCCCCCCCCCCCC. The molecule has 0 saturated carbocycles. The summed E-state index contributed by atoms with van der Waals surface area (Å²) in [5.74, 6) is 0.968. The van der Waals surface area contributed by atoms with Crippen LogP contribution in [0.15, 0.2) is 30.8 Å². The fraction of sp³-hybridized carbons (Fsp3) is 0.733. The molecular formula is C30H52O. The molecule has 1 heteroatoms. The molecule has 0 unspecified atom stereocenters. The number of hydrogen-bond acceptors (Lipinski definition) is 1. The predicted molar refractivity (Wildman–Crippen MR) is 140 cm³/mol. The Morgan fingerprint density at radius 3 is 1.39 bits per heavy atom. The zero-order valence-corrected chi connectivity index (χ0v) is 20.9. The zero-order valence-electron chi connectivity index (χ0n) is 20.9. The van der Waals surface area contributed by atoms with E-state index in [0.29, 0.717) is 0 Å². The van der Waals surface area contributed by atoms with Crippen molar-refractivity contribution < 1.29 is 4.74 Å². The molecule has 0 spiro atoms. The van der Waals surface area contributed by atoms with Crippen LogP contribution in [-0.2, 0) is 0 Å². The Kier molecular flexibility index (Phi) is 19.7. The molecule has 1 aromatic carbocycles. The molecule has 1 aromatic rings. The van der Waals surface area contributed by atoms with Gasteiger partial charge in [-0.15, -0.1) is 0 Å². The second-order valence-electron chi connectivity index (χ2n) is 9.31. The van der Waals surface area contributed by atoms with Gasteiger partial charge in [0, 0.05) is 5.56 Å². The number of hydrogen-bond donors (Lipinski definition) is 0. The molecule has 1 rings (SSSR count). The standard InChI is InChI=1S/C30H52O/c1-3-5-6-7-8-9-10-11-12-13-14-15-16-17-18-19-20-21-22-25-28-31-30-27-24-23-26-29(30)4-2/h4,23-24,26-27H,2-3,5-22,25,28H2,1H3. The third kappa shape index (κ3) is 17.0. The van der Waals surface area contributed by atoms with Crippen molar-refractivity contribution in [2.24, 2.45) is 0 Å². The van der Waals surface area contributed by atoms with Crippen molar-refractivity contribution in [3.05, 3.63) is 36.4 Å². The van der Waals surface area contributed by atoms with E-state index in [4.69, 9.17) is 4.74 Å². The van der Waals surface area contributed by atoms with E-state index >= 15 is 0 Å². The van der Waals surface area contributed by atoms with Gasteiger partial charge in [0.15, 0.2) is 0 Å². The molecule has 0 aromatic heterocycles. The van der Waals surface area contributed by atoms with Gasteiger partial charge in [0.2, 0.25) is 0 Å². The monoisotopic (exact) mass is 428 g/mol. The highest BCUT2D eigenvalue weighted by atomic mass is 16.5. The van der Waals surface area contributed by atoms with Crippen molar-refractivity contribution >= 4 is 6.08 Å². The largest absolute Gasteiger partial charge is 0.493 e. The van der Waals surface area contributed by atoms with Crippen LogP contribution >= 0.6 is 0 Å². The summed E-state index contributed by atoms with van der Waals surface area (Å²) in [5.41, 5.74) is 1.09. The van der Waals surface area contributed by atoms with Gasteiger partial charge in [-0.25, -0.2) is 0 Å². The van der Waals surface area contributed by atoms with Crippen molar-refractivity contribution in [3.8, 4) is 5.75 Å². The molecular weight excluding hydrogens is 376 g/mol. The maximum absolute atomic E-state index is 5.89. The lowest BCUT2D eigenvalue weighted by Crippen LogP contribution is -1.98. The lowest BCUT2D eigenvalue weighted by atomic mass is 10.0. The first kappa shape index (κ1) is 27.8. The Bertz CT molecular complexity index is 507. The van der Waals surface area contributed by atoms with Crippen LogP contribution in [0.5, 0.6) is 5.75 Å². The number of unbranched alkanes of at least 4 members (excludes halogenated alkanes) is 19. The van der Waals surface area contributed by atoms with Crippen molar-refractivity contribution in [1.29, 1.82) is 0 Å². The molecule has 31 heavy (non-hydrogen) atoms. The third-order valence-corrected chi connectivity index (χ3v) is 6.39. The molecule has 0 aliphatic carbocycles. The molecule has 0 aliphatic rings. The predicted octanol–water partition coefficient (Wildman–Crippen LogP) is 10.5. The van der Waals surface area contributed by atoms with Gasteiger partial charge in [-0.2, -0.15) is 0 Å². The van der Waals surface area contributed by atoms with Crippen LogP contribution in [0.3, 0.4) is 0 Å². The zero-order chi connectivity index (χ0) is 22.2. The van der Waals surface area contributed by atoms with Crippen molar-refractivity contribution in [3.63, 3.8) is 0 Å². The lowest BCUT2D eigenvalue weighted by Gasteiger charge is -2.08. The fourth-order valence-electron chi connectivity index (χ4n) is 4.32. The Labute approximate surface area is 195 Å². The Balaban J connectivity index is 1.73. The second kappa shape index (κ2) is 22.0. The molecule has 0 amide bonds. The topological polar surface area (TPSA) is 9.23 Å². The molecule has 1 nitrogen and oxygen atoms in total. The first-order valence-electron chi connectivity index (χ1n) is 13.7. The fourth-order valence-corrected chi connectivity index (χ4v) is 4.32. The molecule has 0 radical (unpaired) electrons. The number of para-hydroxylation sites is 1. The van der Waals surface area contributed by atoms with E-state index in [1.54, 1.807) is 0 Å². The first-order chi connectivity index (χ1) is 15.4. The summed E-state index contributed by atoms with van der Waals surface area (Å²) in [6.45, 7) is 6.97. The Morgan fingerprint density at radius 1 is 0.581 bits per heavy atom. The average Bonchev–Trinajstić information content (AvgIpc) is 2.80. The van der Waals surface area contributed by atoms with Gasteiger partial charge in [-0.05, 0) is 12.5 Å².